The van der Waals surface area contributed by atoms with Gasteiger partial charge in [0, 0.05) is 23.3 Å². The second kappa shape index (κ2) is 9.73. The van der Waals surface area contributed by atoms with Crippen LogP contribution >= 0.6 is 11.6 Å². The number of ether oxygens (including phenoxy) is 1. The van der Waals surface area contributed by atoms with Crippen LogP contribution in [0.15, 0.2) is 54.6 Å². The first-order valence-corrected chi connectivity index (χ1v) is 8.85. The number of amides is 2. The molecule has 0 bridgehead atoms. The Hall–Kier alpha value is -2.86. The first kappa shape index (κ1) is 20.5. The highest BCUT2D eigenvalue weighted by atomic mass is 35.5. The summed E-state index contributed by atoms with van der Waals surface area (Å²) in [7, 11) is 0. The summed E-state index contributed by atoms with van der Waals surface area (Å²) in [4.78, 5) is 39.6. The summed E-state index contributed by atoms with van der Waals surface area (Å²) < 4.78 is 4.96. The molecule has 2 amide bonds. The lowest BCUT2D eigenvalue weighted by molar-refractivity contribution is -0.142. The second-order valence-electron chi connectivity index (χ2n) is 5.71. The molecule has 0 N–H and O–H groups in total. The first-order chi connectivity index (χ1) is 12.9. The molecule has 0 saturated carbocycles. The maximum Gasteiger partial charge on any atom is 0.326 e. The van der Waals surface area contributed by atoms with Crippen molar-refractivity contribution in [2.24, 2.45) is 0 Å². The Bertz CT molecular complexity index is 811. The summed E-state index contributed by atoms with van der Waals surface area (Å²) in [5, 5.41) is 0.431. The van der Waals surface area contributed by atoms with Gasteiger partial charge in [-0.15, -0.1) is 0 Å². The Morgan fingerprint density at radius 3 is 2.19 bits per heavy atom. The molecule has 0 aliphatic rings. The number of nitrogens with zero attached hydrogens (tertiary/aromatic N) is 2. The molecule has 0 aromatic heterocycles. The molecule has 27 heavy (non-hydrogen) atoms. The lowest BCUT2D eigenvalue weighted by Crippen LogP contribution is -2.44. The molecule has 0 spiro atoms. The fourth-order valence-electron chi connectivity index (χ4n) is 2.52. The Morgan fingerprint density at radius 1 is 0.926 bits per heavy atom. The quantitative estimate of drug-likeness (QED) is 0.682. The van der Waals surface area contributed by atoms with E-state index in [1.165, 1.54) is 16.7 Å². The maximum atomic E-state index is 13.0. The zero-order valence-electron chi connectivity index (χ0n) is 15.2. The van der Waals surface area contributed by atoms with Crippen molar-refractivity contribution in [1.82, 2.24) is 0 Å². The average molecular weight is 389 g/mol. The molecule has 0 heterocycles. The molecule has 2 rings (SSSR count). The lowest BCUT2D eigenvalue weighted by atomic mass is 10.2. The van der Waals surface area contributed by atoms with Gasteiger partial charge >= 0.3 is 5.97 Å². The number of esters is 1. The van der Waals surface area contributed by atoms with E-state index in [-0.39, 0.29) is 25.6 Å². The van der Waals surface area contributed by atoms with Gasteiger partial charge in [-0.2, -0.15) is 0 Å². The van der Waals surface area contributed by atoms with Crippen LogP contribution in [0.25, 0.3) is 0 Å². The molecule has 0 fully saturated rings. The van der Waals surface area contributed by atoms with Crippen molar-refractivity contribution < 1.29 is 19.1 Å². The third-order valence-electron chi connectivity index (χ3n) is 3.75. The molecule has 7 heteroatoms. The summed E-state index contributed by atoms with van der Waals surface area (Å²) in [6, 6.07) is 15.5. The Morgan fingerprint density at radius 2 is 1.59 bits per heavy atom. The molecular formula is C20H21ClN2O4. The summed E-state index contributed by atoms with van der Waals surface area (Å²) >= 11 is 6.02. The van der Waals surface area contributed by atoms with Gasteiger partial charge < -0.3 is 9.64 Å². The summed E-state index contributed by atoms with van der Waals surface area (Å²) in [5.41, 5.74) is 1.05. The van der Waals surface area contributed by atoms with E-state index in [1.807, 2.05) is 6.07 Å². The van der Waals surface area contributed by atoms with E-state index in [9.17, 15) is 14.4 Å². The number of hydrogen-bond donors (Lipinski definition) is 0. The van der Waals surface area contributed by atoms with Gasteiger partial charge in [0.05, 0.1) is 6.61 Å². The van der Waals surface area contributed by atoms with Crippen LogP contribution < -0.4 is 9.80 Å². The van der Waals surface area contributed by atoms with E-state index in [1.54, 1.807) is 55.5 Å². The number of anilines is 2. The minimum Gasteiger partial charge on any atom is -0.465 e. The number of para-hydroxylation sites is 1. The highest BCUT2D eigenvalue weighted by molar-refractivity contribution is 6.31. The minimum absolute atomic E-state index is 0.208. The van der Waals surface area contributed by atoms with Gasteiger partial charge in [-0.05, 0) is 37.3 Å². The number of halogens is 1. The summed E-state index contributed by atoms with van der Waals surface area (Å²) in [6.07, 6.45) is 0. The number of hydrogen-bond acceptors (Lipinski definition) is 4. The van der Waals surface area contributed by atoms with Crippen LogP contribution in [0.4, 0.5) is 11.4 Å². The Balaban J connectivity index is 2.29. The van der Waals surface area contributed by atoms with Crippen molar-refractivity contribution in [1.29, 1.82) is 0 Å². The smallest absolute Gasteiger partial charge is 0.326 e. The molecule has 0 aliphatic heterocycles. The monoisotopic (exact) mass is 388 g/mol. The molecule has 6 nitrogen and oxygen atoms in total. The molecule has 2 aromatic rings. The first-order valence-electron chi connectivity index (χ1n) is 8.47. The van der Waals surface area contributed by atoms with E-state index in [0.29, 0.717) is 16.4 Å². The van der Waals surface area contributed by atoms with Crippen molar-refractivity contribution in [3.8, 4) is 0 Å². The molecule has 0 unspecified atom stereocenters. The van der Waals surface area contributed by atoms with Crippen LogP contribution in [-0.2, 0) is 19.1 Å². The third-order valence-corrected chi connectivity index (χ3v) is 3.99. The van der Waals surface area contributed by atoms with E-state index < -0.39 is 11.9 Å². The van der Waals surface area contributed by atoms with Crippen LogP contribution in [0.1, 0.15) is 13.8 Å². The lowest BCUT2D eigenvalue weighted by Gasteiger charge is -2.26. The predicted octanol–water partition coefficient (Wildman–Crippen LogP) is 3.29. The highest BCUT2D eigenvalue weighted by Gasteiger charge is 2.24. The van der Waals surface area contributed by atoms with Crippen molar-refractivity contribution in [3.63, 3.8) is 0 Å². The van der Waals surface area contributed by atoms with Crippen LogP contribution in [0.5, 0.6) is 0 Å². The fraction of sp³-hybridized carbons (Fsp3) is 0.250. The molecule has 0 radical (unpaired) electrons. The maximum absolute atomic E-state index is 13.0. The van der Waals surface area contributed by atoms with Crippen LogP contribution in [-0.4, -0.2) is 37.5 Å². The molecular weight excluding hydrogens is 368 g/mol. The van der Waals surface area contributed by atoms with Gasteiger partial charge in [-0.1, -0.05) is 35.9 Å². The van der Waals surface area contributed by atoms with Crippen molar-refractivity contribution in [2.75, 3.05) is 29.5 Å². The van der Waals surface area contributed by atoms with E-state index in [0.717, 1.165) is 0 Å². The van der Waals surface area contributed by atoms with Crippen LogP contribution in [0.2, 0.25) is 5.02 Å². The third kappa shape index (κ3) is 5.82. The number of rotatable bonds is 7. The van der Waals surface area contributed by atoms with Crippen molar-refractivity contribution in [3.05, 3.63) is 59.6 Å². The Labute approximate surface area is 163 Å². The molecule has 2 aromatic carbocycles. The molecule has 0 aliphatic carbocycles. The van der Waals surface area contributed by atoms with E-state index in [4.69, 9.17) is 16.3 Å². The predicted molar refractivity (Wildman–Crippen MR) is 105 cm³/mol. The number of carbonyl (C=O) groups excluding carboxylic acids is 3. The summed E-state index contributed by atoms with van der Waals surface area (Å²) in [6.45, 7) is 2.80. The SMILES string of the molecule is CCOC(=O)CN(C(=O)CN(C(C)=O)c1ccccc1)c1cccc(Cl)c1. The van der Waals surface area contributed by atoms with Gasteiger partial charge in [-0.3, -0.25) is 19.3 Å². The number of benzene rings is 2. The zero-order chi connectivity index (χ0) is 19.8. The standard InChI is InChI=1S/C20H21ClN2O4/c1-3-27-20(26)14-23(18-11-7-8-16(21)12-18)19(25)13-22(15(2)24)17-9-5-4-6-10-17/h4-12H,3,13-14H2,1-2H3. The highest BCUT2D eigenvalue weighted by Crippen LogP contribution is 2.21. The second-order valence-corrected chi connectivity index (χ2v) is 6.14. The molecule has 142 valence electrons. The van der Waals surface area contributed by atoms with Gasteiger partial charge in [0.25, 0.3) is 0 Å². The number of carbonyl (C=O) groups is 3. The topological polar surface area (TPSA) is 66.9 Å². The largest absolute Gasteiger partial charge is 0.465 e. The van der Waals surface area contributed by atoms with Gasteiger partial charge in [-0.25, -0.2) is 0 Å². The molecule has 0 atom stereocenters. The van der Waals surface area contributed by atoms with Crippen molar-refractivity contribution in [2.45, 2.75) is 13.8 Å². The molecule has 0 saturated heterocycles. The van der Waals surface area contributed by atoms with E-state index in [2.05, 4.69) is 0 Å². The average Bonchev–Trinajstić information content (AvgIpc) is 2.64. The van der Waals surface area contributed by atoms with Crippen molar-refractivity contribution >= 4 is 40.8 Å². The minimum atomic E-state index is -0.542. The van der Waals surface area contributed by atoms with Gasteiger partial charge in [0.2, 0.25) is 11.8 Å². The van der Waals surface area contributed by atoms with Crippen LogP contribution in [0.3, 0.4) is 0 Å². The normalized spacial score (nSPS) is 10.2. The van der Waals surface area contributed by atoms with E-state index >= 15 is 0 Å². The fourth-order valence-corrected chi connectivity index (χ4v) is 2.70. The van der Waals surface area contributed by atoms with Gasteiger partial charge in [0.1, 0.15) is 13.1 Å². The Kier molecular flexibility index (Phi) is 7.37. The summed E-state index contributed by atoms with van der Waals surface area (Å²) in [5.74, 6) is -1.25. The van der Waals surface area contributed by atoms with Crippen LogP contribution in [0, 0.1) is 0 Å². The zero-order valence-corrected chi connectivity index (χ0v) is 16.0. The van der Waals surface area contributed by atoms with Gasteiger partial charge in [0.15, 0.2) is 0 Å².